The van der Waals surface area contributed by atoms with Gasteiger partial charge in [-0.3, -0.25) is 0 Å². The summed E-state index contributed by atoms with van der Waals surface area (Å²) in [6.07, 6.45) is 0. The number of hydrogen-bond donors (Lipinski definition) is 3. The van der Waals surface area contributed by atoms with E-state index >= 15 is 0 Å². The Balaban J connectivity index is 2.09. The van der Waals surface area contributed by atoms with Gasteiger partial charge in [0.05, 0.1) is 33.5 Å². The van der Waals surface area contributed by atoms with E-state index < -0.39 is 0 Å². The molecular weight excluding hydrogens is 260 g/mol. The van der Waals surface area contributed by atoms with Gasteiger partial charge in [0, 0.05) is 31.3 Å². The second kappa shape index (κ2) is 10.4. The van der Waals surface area contributed by atoms with Crippen LogP contribution in [-0.4, -0.2) is 51.7 Å². The summed E-state index contributed by atoms with van der Waals surface area (Å²) in [5, 5.41) is 12.6. The number of methoxy groups -OCH3 is 1. The average molecular weight is 284 g/mol. The third-order valence-electron chi connectivity index (χ3n) is 2.64. The van der Waals surface area contributed by atoms with Crippen LogP contribution < -0.4 is 15.8 Å². The molecular formula is C14H24N2O4. The molecule has 20 heavy (non-hydrogen) atoms. The molecule has 6 nitrogen and oxygen atoms in total. The van der Waals surface area contributed by atoms with Gasteiger partial charge in [0.2, 0.25) is 0 Å². The molecule has 0 saturated carbocycles. The van der Waals surface area contributed by atoms with Gasteiger partial charge in [0.15, 0.2) is 0 Å². The minimum atomic E-state index is 0.200. The fourth-order valence-corrected chi connectivity index (χ4v) is 1.65. The summed E-state index contributed by atoms with van der Waals surface area (Å²) >= 11 is 0. The molecule has 0 bridgehead atoms. The quantitative estimate of drug-likeness (QED) is 0.513. The van der Waals surface area contributed by atoms with Gasteiger partial charge in [-0.15, -0.1) is 0 Å². The Labute approximate surface area is 119 Å². The summed E-state index contributed by atoms with van der Waals surface area (Å²) in [5.74, 6) is 0.875. The molecule has 0 aliphatic heterocycles. The fourth-order valence-electron chi connectivity index (χ4n) is 1.65. The zero-order valence-electron chi connectivity index (χ0n) is 11.9. The lowest BCUT2D eigenvalue weighted by Gasteiger charge is -2.10. The lowest BCUT2D eigenvalue weighted by Crippen LogP contribution is -2.21. The second-order valence-electron chi connectivity index (χ2n) is 4.19. The van der Waals surface area contributed by atoms with E-state index in [4.69, 9.17) is 19.9 Å². The summed E-state index contributed by atoms with van der Waals surface area (Å²) in [4.78, 5) is 0. The topological polar surface area (TPSA) is 86.0 Å². The van der Waals surface area contributed by atoms with Crippen molar-refractivity contribution >= 4 is 0 Å². The highest BCUT2D eigenvalue weighted by Crippen LogP contribution is 2.23. The number of hydrogen-bond acceptors (Lipinski definition) is 6. The van der Waals surface area contributed by atoms with Crippen LogP contribution in [0.2, 0.25) is 0 Å². The molecule has 1 rings (SSSR count). The van der Waals surface area contributed by atoms with E-state index in [0.29, 0.717) is 45.3 Å². The van der Waals surface area contributed by atoms with Crippen LogP contribution in [0.4, 0.5) is 0 Å². The monoisotopic (exact) mass is 284 g/mol. The van der Waals surface area contributed by atoms with E-state index in [0.717, 1.165) is 12.1 Å². The van der Waals surface area contributed by atoms with Crippen molar-refractivity contribution in [3.63, 3.8) is 0 Å². The van der Waals surface area contributed by atoms with Gasteiger partial charge in [-0.25, -0.2) is 0 Å². The SMILES string of the molecule is COc1cc(O)ccc1CNCCOCCOCCN. The van der Waals surface area contributed by atoms with E-state index in [2.05, 4.69) is 5.32 Å². The first-order valence-corrected chi connectivity index (χ1v) is 6.70. The van der Waals surface area contributed by atoms with Crippen molar-refractivity contribution in [2.75, 3.05) is 46.6 Å². The van der Waals surface area contributed by atoms with Gasteiger partial charge < -0.3 is 30.4 Å². The van der Waals surface area contributed by atoms with Crippen LogP contribution >= 0.6 is 0 Å². The molecule has 0 aromatic heterocycles. The van der Waals surface area contributed by atoms with Crippen molar-refractivity contribution in [1.29, 1.82) is 0 Å². The molecule has 0 unspecified atom stereocenters. The number of ether oxygens (including phenoxy) is 3. The third-order valence-corrected chi connectivity index (χ3v) is 2.64. The molecule has 0 saturated heterocycles. The Hall–Kier alpha value is -1.34. The Morgan fingerprint density at radius 2 is 1.90 bits per heavy atom. The molecule has 0 spiro atoms. The van der Waals surface area contributed by atoms with Crippen LogP contribution in [0, 0.1) is 0 Å². The maximum absolute atomic E-state index is 9.36. The molecule has 0 heterocycles. The molecule has 1 aromatic rings. The Morgan fingerprint density at radius 1 is 1.15 bits per heavy atom. The molecule has 6 heteroatoms. The van der Waals surface area contributed by atoms with Crippen molar-refractivity contribution in [3.8, 4) is 11.5 Å². The number of phenols is 1. The summed E-state index contributed by atoms with van der Waals surface area (Å²) in [6.45, 7) is 4.27. The highest BCUT2D eigenvalue weighted by Gasteiger charge is 2.03. The van der Waals surface area contributed by atoms with Gasteiger partial charge in [-0.05, 0) is 6.07 Å². The predicted molar refractivity (Wildman–Crippen MR) is 77.1 cm³/mol. The summed E-state index contributed by atoms with van der Waals surface area (Å²) < 4.78 is 15.8. The molecule has 0 radical (unpaired) electrons. The molecule has 4 N–H and O–H groups in total. The minimum Gasteiger partial charge on any atom is -0.508 e. The van der Waals surface area contributed by atoms with Gasteiger partial charge in [-0.2, -0.15) is 0 Å². The maximum Gasteiger partial charge on any atom is 0.127 e. The molecule has 0 atom stereocenters. The van der Waals surface area contributed by atoms with Crippen molar-refractivity contribution in [3.05, 3.63) is 23.8 Å². The average Bonchev–Trinajstić information content (AvgIpc) is 2.46. The van der Waals surface area contributed by atoms with Crippen LogP contribution in [0.3, 0.4) is 0 Å². The number of phenolic OH excluding ortho intramolecular Hbond substituents is 1. The molecule has 0 aliphatic rings. The van der Waals surface area contributed by atoms with Crippen LogP contribution in [-0.2, 0) is 16.0 Å². The summed E-state index contributed by atoms with van der Waals surface area (Å²) in [5.41, 5.74) is 6.29. The molecule has 0 amide bonds. The van der Waals surface area contributed by atoms with E-state index in [1.807, 2.05) is 6.07 Å². The Morgan fingerprint density at radius 3 is 2.60 bits per heavy atom. The lowest BCUT2D eigenvalue weighted by atomic mass is 10.2. The number of benzene rings is 1. The zero-order chi connectivity index (χ0) is 14.6. The largest absolute Gasteiger partial charge is 0.508 e. The first-order chi connectivity index (χ1) is 9.77. The summed E-state index contributed by atoms with van der Waals surface area (Å²) in [6, 6.07) is 5.08. The molecule has 1 aromatic carbocycles. The van der Waals surface area contributed by atoms with Crippen LogP contribution in [0.1, 0.15) is 5.56 Å². The standard InChI is InChI=1S/C14H24N2O4/c1-18-14-10-13(17)3-2-12(14)11-16-5-7-20-9-8-19-6-4-15/h2-3,10,16-17H,4-9,11,15H2,1H3. The first kappa shape index (κ1) is 16.7. The normalized spacial score (nSPS) is 10.7. The van der Waals surface area contributed by atoms with Crippen molar-refractivity contribution in [1.82, 2.24) is 5.32 Å². The number of nitrogens with two attached hydrogens (primary N) is 1. The van der Waals surface area contributed by atoms with Gasteiger partial charge in [-0.1, -0.05) is 6.07 Å². The zero-order valence-corrected chi connectivity index (χ0v) is 11.9. The van der Waals surface area contributed by atoms with E-state index in [-0.39, 0.29) is 5.75 Å². The van der Waals surface area contributed by atoms with Crippen LogP contribution in [0.5, 0.6) is 11.5 Å². The van der Waals surface area contributed by atoms with Crippen LogP contribution in [0.25, 0.3) is 0 Å². The molecule has 0 fully saturated rings. The minimum absolute atomic E-state index is 0.200. The predicted octanol–water partition coefficient (Wildman–Crippen LogP) is 0.482. The highest BCUT2D eigenvalue weighted by molar-refractivity contribution is 5.39. The van der Waals surface area contributed by atoms with Crippen LogP contribution in [0.15, 0.2) is 18.2 Å². The van der Waals surface area contributed by atoms with E-state index in [9.17, 15) is 5.11 Å². The number of aromatic hydroxyl groups is 1. The fraction of sp³-hybridized carbons (Fsp3) is 0.571. The van der Waals surface area contributed by atoms with E-state index in [1.165, 1.54) is 0 Å². The molecule has 114 valence electrons. The lowest BCUT2D eigenvalue weighted by molar-refractivity contribution is 0.0518. The van der Waals surface area contributed by atoms with Gasteiger partial charge in [0.25, 0.3) is 0 Å². The van der Waals surface area contributed by atoms with Crippen molar-refractivity contribution in [2.24, 2.45) is 5.73 Å². The van der Waals surface area contributed by atoms with E-state index in [1.54, 1.807) is 19.2 Å². The highest BCUT2D eigenvalue weighted by atomic mass is 16.5. The smallest absolute Gasteiger partial charge is 0.127 e. The maximum atomic E-state index is 9.36. The third kappa shape index (κ3) is 6.72. The number of nitrogens with one attached hydrogen (secondary N) is 1. The summed E-state index contributed by atoms with van der Waals surface area (Å²) in [7, 11) is 1.59. The number of rotatable bonds is 11. The van der Waals surface area contributed by atoms with Gasteiger partial charge in [0.1, 0.15) is 11.5 Å². The second-order valence-corrected chi connectivity index (χ2v) is 4.19. The first-order valence-electron chi connectivity index (χ1n) is 6.70. The van der Waals surface area contributed by atoms with Crippen molar-refractivity contribution in [2.45, 2.75) is 6.54 Å². The molecule has 0 aliphatic carbocycles. The van der Waals surface area contributed by atoms with Gasteiger partial charge >= 0.3 is 0 Å². The Kier molecular flexibility index (Phi) is 8.73. The Bertz CT molecular complexity index is 374. The van der Waals surface area contributed by atoms with Crippen molar-refractivity contribution < 1.29 is 19.3 Å².